The molecule has 2 rings (SSSR count). The first-order chi connectivity index (χ1) is 7.28. The fourth-order valence-electron chi connectivity index (χ4n) is 2.99. The molecule has 0 aromatic heterocycles. The van der Waals surface area contributed by atoms with Crippen LogP contribution < -0.4 is 0 Å². The summed E-state index contributed by atoms with van der Waals surface area (Å²) in [5, 5.41) is 8.92. The molecule has 0 amide bonds. The first-order valence-corrected chi connectivity index (χ1v) is 6.85. The maximum Gasteiger partial charge on any atom is 0.0434 e. The third-order valence-electron chi connectivity index (χ3n) is 4.22. The zero-order valence-corrected chi connectivity index (χ0v) is 10.4. The van der Waals surface area contributed by atoms with Gasteiger partial charge in [0, 0.05) is 19.7 Å². The Hall–Kier alpha value is 0.270. The smallest absolute Gasteiger partial charge is 0.0434 e. The average molecular weight is 229 g/mol. The van der Waals surface area contributed by atoms with E-state index in [1.165, 1.54) is 45.3 Å². The maximum atomic E-state index is 8.92. The van der Waals surface area contributed by atoms with Crippen LogP contribution in [0.25, 0.3) is 0 Å². The summed E-state index contributed by atoms with van der Waals surface area (Å²) in [6.45, 7) is 4.05. The number of likely N-dealkylation sites (tertiary alicyclic amines) is 1. The van der Waals surface area contributed by atoms with Crippen molar-refractivity contribution in [1.82, 2.24) is 4.90 Å². The molecule has 1 unspecified atom stereocenters. The molecule has 0 radical (unpaired) electrons. The lowest BCUT2D eigenvalue weighted by atomic mass is 9.70. The monoisotopic (exact) mass is 229 g/mol. The fourth-order valence-corrected chi connectivity index (χ4v) is 3.41. The molecule has 88 valence electrons. The predicted molar refractivity (Wildman–Crippen MR) is 66.4 cm³/mol. The van der Waals surface area contributed by atoms with E-state index in [-0.39, 0.29) is 0 Å². The van der Waals surface area contributed by atoms with Gasteiger partial charge in [-0.3, -0.25) is 0 Å². The number of rotatable bonds is 5. The summed E-state index contributed by atoms with van der Waals surface area (Å²) < 4.78 is 0. The molecule has 2 fully saturated rings. The van der Waals surface area contributed by atoms with Crippen LogP contribution in [0.15, 0.2) is 0 Å². The number of aliphatic hydroxyl groups is 1. The Morgan fingerprint density at radius 2 is 2.20 bits per heavy atom. The molecule has 0 aromatic rings. The Morgan fingerprint density at radius 1 is 1.40 bits per heavy atom. The highest BCUT2D eigenvalue weighted by Gasteiger charge is 2.38. The minimum Gasteiger partial charge on any atom is -0.396 e. The second kappa shape index (κ2) is 5.07. The molecule has 1 atom stereocenters. The van der Waals surface area contributed by atoms with Crippen LogP contribution in [-0.2, 0) is 0 Å². The normalized spacial score (nSPS) is 30.4. The molecule has 3 heteroatoms. The number of nitrogens with zero attached hydrogens (tertiary/aromatic N) is 1. The van der Waals surface area contributed by atoms with Crippen molar-refractivity contribution in [3.8, 4) is 0 Å². The van der Waals surface area contributed by atoms with E-state index in [9.17, 15) is 0 Å². The Kier molecular flexibility index (Phi) is 3.97. The fraction of sp³-hybridized carbons (Fsp3) is 1.00. The zero-order chi connectivity index (χ0) is 10.7. The Morgan fingerprint density at radius 3 is 2.73 bits per heavy atom. The first kappa shape index (κ1) is 11.7. The molecule has 0 bridgehead atoms. The summed E-state index contributed by atoms with van der Waals surface area (Å²) >= 11 is 4.50. The van der Waals surface area contributed by atoms with E-state index >= 15 is 0 Å². The van der Waals surface area contributed by atoms with E-state index in [2.05, 4.69) is 17.5 Å². The van der Waals surface area contributed by atoms with Crippen LogP contribution in [0.2, 0.25) is 0 Å². The van der Waals surface area contributed by atoms with Gasteiger partial charge in [0.05, 0.1) is 0 Å². The number of thiol groups is 1. The van der Waals surface area contributed by atoms with Crippen molar-refractivity contribution in [3.63, 3.8) is 0 Å². The van der Waals surface area contributed by atoms with Crippen molar-refractivity contribution in [2.24, 2.45) is 11.3 Å². The Labute approximate surface area is 98.5 Å². The van der Waals surface area contributed by atoms with E-state index in [0.29, 0.717) is 12.0 Å². The van der Waals surface area contributed by atoms with E-state index in [0.717, 1.165) is 18.1 Å². The average Bonchev–Trinajstić information content (AvgIpc) is 2.60. The van der Waals surface area contributed by atoms with Crippen molar-refractivity contribution >= 4 is 12.6 Å². The summed E-state index contributed by atoms with van der Waals surface area (Å²) in [7, 11) is 0. The number of hydrogen-bond acceptors (Lipinski definition) is 3. The lowest BCUT2D eigenvalue weighted by molar-refractivity contribution is 0.101. The van der Waals surface area contributed by atoms with Gasteiger partial charge in [0.15, 0.2) is 0 Å². The van der Waals surface area contributed by atoms with Crippen LogP contribution in [0, 0.1) is 11.3 Å². The van der Waals surface area contributed by atoms with Gasteiger partial charge >= 0.3 is 0 Å². The van der Waals surface area contributed by atoms with Gasteiger partial charge in [-0.1, -0.05) is 6.42 Å². The minimum atomic E-state index is 0.357. The first-order valence-electron chi connectivity index (χ1n) is 6.22. The summed E-state index contributed by atoms with van der Waals surface area (Å²) in [5.74, 6) is 1.79. The molecule has 1 aliphatic carbocycles. The van der Waals surface area contributed by atoms with Gasteiger partial charge in [-0.25, -0.2) is 0 Å². The van der Waals surface area contributed by atoms with Crippen LogP contribution in [0.1, 0.15) is 32.1 Å². The van der Waals surface area contributed by atoms with Crippen molar-refractivity contribution in [2.45, 2.75) is 32.1 Å². The predicted octanol–water partition coefficient (Wildman–Crippen LogP) is 1.79. The largest absolute Gasteiger partial charge is 0.396 e. The van der Waals surface area contributed by atoms with Crippen LogP contribution in [0.3, 0.4) is 0 Å². The van der Waals surface area contributed by atoms with E-state index in [1.807, 2.05) is 0 Å². The van der Waals surface area contributed by atoms with Gasteiger partial charge in [0.2, 0.25) is 0 Å². The molecular formula is C12H23NOS. The highest BCUT2D eigenvalue weighted by atomic mass is 32.1. The highest BCUT2D eigenvalue weighted by Crippen LogP contribution is 2.43. The van der Waals surface area contributed by atoms with Crippen LogP contribution in [0.4, 0.5) is 0 Å². The lowest BCUT2D eigenvalue weighted by Crippen LogP contribution is -2.42. The number of hydrogen-bond donors (Lipinski definition) is 2. The van der Waals surface area contributed by atoms with Crippen molar-refractivity contribution in [1.29, 1.82) is 0 Å². The van der Waals surface area contributed by atoms with E-state index < -0.39 is 0 Å². The van der Waals surface area contributed by atoms with Crippen molar-refractivity contribution in [2.75, 3.05) is 32.0 Å². The SMILES string of the molecule is OCCC1CCN(CC2(CS)CCC2)C1. The van der Waals surface area contributed by atoms with Crippen LogP contribution in [-0.4, -0.2) is 42.0 Å². The molecule has 1 heterocycles. The summed E-state index contributed by atoms with van der Waals surface area (Å²) in [4.78, 5) is 2.59. The molecule has 0 spiro atoms. The molecular weight excluding hydrogens is 206 g/mol. The Balaban J connectivity index is 1.76. The number of aliphatic hydroxyl groups excluding tert-OH is 1. The zero-order valence-electron chi connectivity index (χ0n) is 9.49. The van der Waals surface area contributed by atoms with E-state index in [4.69, 9.17) is 5.11 Å². The molecule has 1 saturated heterocycles. The quantitative estimate of drug-likeness (QED) is 0.702. The molecule has 15 heavy (non-hydrogen) atoms. The van der Waals surface area contributed by atoms with Crippen LogP contribution in [0.5, 0.6) is 0 Å². The van der Waals surface area contributed by atoms with Crippen LogP contribution >= 0.6 is 12.6 Å². The van der Waals surface area contributed by atoms with Gasteiger partial charge in [-0.2, -0.15) is 12.6 Å². The Bertz CT molecular complexity index is 200. The molecule has 2 aliphatic rings. The molecule has 2 nitrogen and oxygen atoms in total. The summed E-state index contributed by atoms with van der Waals surface area (Å²) in [6.07, 6.45) is 6.41. The second-order valence-electron chi connectivity index (χ2n) is 5.41. The van der Waals surface area contributed by atoms with Gasteiger partial charge in [-0.15, -0.1) is 0 Å². The lowest BCUT2D eigenvalue weighted by Gasteiger charge is -2.43. The molecule has 1 N–H and O–H groups in total. The summed E-state index contributed by atoms with van der Waals surface area (Å²) in [5.41, 5.74) is 0.539. The molecule has 1 aliphatic heterocycles. The topological polar surface area (TPSA) is 23.5 Å². The summed E-state index contributed by atoms with van der Waals surface area (Å²) in [6, 6.07) is 0. The molecule has 1 saturated carbocycles. The van der Waals surface area contributed by atoms with Gasteiger partial charge < -0.3 is 10.0 Å². The third kappa shape index (κ3) is 2.69. The van der Waals surface area contributed by atoms with Gasteiger partial charge in [-0.05, 0) is 49.3 Å². The standard InChI is InChI=1S/C12H23NOS/c14-7-3-11-2-6-13(8-11)9-12(10-15)4-1-5-12/h11,14-15H,1-10H2. The second-order valence-corrected chi connectivity index (χ2v) is 5.73. The van der Waals surface area contributed by atoms with Gasteiger partial charge in [0.1, 0.15) is 0 Å². The van der Waals surface area contributed by atoms with Crippen molar-refractivity contribution < 1.29 is 5.11 Å². The highest BCUT2D eigenvalue weighted by molar-refractivity contribution is 7.80. The van der Waals surface area contributed by atoms with E-state index in [1.54, 1.807) is 0 Å². The minimum absolute atomic E-state index is 0.357. The maximum absolute atomic E-state index is 8.92. The molecule has 0 aromatic carbocycles. The third-order valence-corrected chi connectivity index (χ3v) is 4.89. The van der Waals surface area contributed by atoms with Crippen molar-refractivity contribution in [3.05, 3.63) is 0 Å². The van der Waals surface area contributed by atoms with Gasteiger partial charge in [0.25, 0.3) is 0 Å².